The molecule has 8 rings (SSSR count). The van der Waals surface area contributed by atoms with E-state index in [9.17, 15) is 0 Å². The number of anilines is 3. The Morgan fingerprint density at radius 1 is 0.407 bits per heavy atom. The molecule has 0 N–H and O–H groups in total. The maximum Gasteiger partial charge on any atom is 0.142 e. The van der Waals surface area contributed by atoms with E-state index >= 15 is 0 Å². The van der Waals surface area contributed by atoms with Crippen LogP contribution in [0.1, 0.15) is 112 Å². The van der Waals surface area contributed by atoms with Crippen LogP contribution in [0.3, 0.4) is 0 Å². The SMILES string of the molecule is CC(C)(C)N1CCCc2ccccc21.CC(C)(C)N1CCOc2ccccc21.CC(C)(C)N1CCc2ccccc21.CC(C)(C)N1Cc2ccccc2C1. The fourth-order valence-corrected chi connectivity index (χ4v) is 7.94. The molecule has 0 atom stereocenters. The molecule has 4 heterocycles. The summed E-state index contributed by atoms with van der Waals surface area (Å²) in [6.07, 6.45) is 3.73. The molecule has 0 saturated carbocycles. The summed E-state index contributed by atoms with van der Waals surface area (Å²) in [4.78, 5) is 9.91. The molecule has 0 aliphatic carbocycles. The molecule has 292 valence electrons. The van der Waals surface area contributed by atoms with Crippen LogP contribution < -0.4 is 19.4 Å². The lowest BCUT2D eigenvalue weighted by atomic mass is 9.96. The molecule has 0 radical (unpaired) electrons. The van der Waals surface area contributed by atoms with E-state index in [-0.39, 0.29) is 16.6 Å². The summed E-state index contributed by atoms with van der Waals surface area (Å²) < 4.78 is 5.61. The van der Waals surface area contributed by atoms with Gasteiger partial charge in [0, 0.05) is 59.7 Å². The van der Waals surface area contributed by atoms with Crippen molar-refractivity contribution in [1.29, 1.82) is 0 Å². The van der Waals surface area contributed by atoms with Gasteiger partial charge in [-0.2, -0.15) is 0 Å². The lowest BCUT2D eigenvalue weighted by Crippen LogP contribution is -2.46. The van der Waals surface area contributed by atoms with Gasteiger partial charge in [-0.05, 0) is 149 Å². The maximum absolute atomic E-state index is 5.61. The molecule has 0 spiro atoms. The predicted molar refractivity (Wildman–Crippen MR) is 234 cm³/mol. The highest BCUT2D eigenvalue weighted by Gasteiger charge is 2.30. The average molecular weight is 731 g/mol. The highest BCUT2D eigenvalue weighted by Crippen LogP contribution is 2.36. The van der Waals surface area contributed by atoms with Crippen LogP contribution in [-0.2, 0) is 25.9 Å². The third kappa shape index (κ3) is 10.4. The molecule has 4 aliphatic heterocycles. The number of ether oxygens (including phenoxy) is 1. The monoisotopic (exact) mass is 731 g/mol. The summed E-state index contributed by atoms with van der Waals surface area (Å²) in [5.41, 5.74) is 11.0. The molecule has 0 bridgehead atoms. The fraction of sp³-hybridized carbons (Fsp3) is 0.510. The van der Waals surface area contributed by atoms with Crippen molar-refractivity contribution >= 4 is 17.1 Å². The maximum atomic E-state index is 5.61. The van der Waals surface area contributed by atoms with Gasteiger partial charge in [-0.3, -0.25) is 4.90 Å². The van der Waals surface area contributed by atoms with Gasteiger partial charge in [0.2, 0.25) is 0 Å². The highest BCUT2D eigenvalue weighted by atomic mass is 16.5. The van der Waals surface area contributed by atoms with E-state index in [1.807, 2.05) is 12.1 Å². The van der Waals surface area contributed by atoms with Crippen LogP contribution in [0.4, 0.5) is 17.1 Å². The molecule has 54 heavy (non-hydrogen) atoms. The average Bonchev–Trinajstić information content (AvgIpc) is 3.77. The van der Waals surface area contributed by atoms with Gasteiger partial charge in [-0.1, -0.05) is 72.8 Å². The lowest BCUT2D eigenvalue weighted by Gasteiger charge is -2.41. The first-order valence-electron chi connectivity index (χ1n) is 20.4. The van der Waals surface area contributed by atoms with Crippen LogP contribution in [-0.4, -0.2) is 53.3 Å². The van der Waals surface area contributed by atoms with Gasteiger partial charge in [-0.15, -0.1) is 0 Å². The van der Waals surface area contributed by atoms with Gasteiger partial charge < -0.3 is 19.4 Å². The molecular weight excluding hydrogens is 661 g/mol. The molecule has 0 saturated heterocycles. The molecular formula is C49H70N4O. The van der Waals surface area contributed by atoms with Gasteiger partial charge in [0.1, 0.15) is 12.4 Å². The third-order valence-corrected chi connectivity index (χ3v) is 10.9. The molecule has 0 fully saturated rings. The lowest BCUT2D eigenvalue weighted by molar-refractivity contribution is 0.136. The van der Waals surface area contributed by atoms with Crippen LogP contribution in [0.15, 0.2) is 97.1 Å². The van der Waals surface area contributed by atoms with Crippen molar-refractivity contribution in [3.05, 3.63) is 119 Å². The van der Waals surface area contributed by atoms with Gasteiger partial charge in [-0.25, -0.2) is 0 Å². The number of fused-ring (bicyclic) bond motifs is 4. The number of aryl methyl sites for hydroxylation is 1. The Morgan fingerprint density at radius 3 is 1.31 bits per heavy atom. The highest BCUT2D eigenvalue weighted by molar-refractivity contribution is 5.61. The number of para-hydroxylation sites is 4. The van der Waals surface area contributed by atoms with Crippen molar-refractivity contribution < 1.29 is 4.74 Å². The van der Waals surface area contributed by atoms with E-state index in [4.69, 9.17) is 4.74 Å². The first kappa shape index (κ1) is 41.2. The molecule has 0 unspecified atom stereocenters. The Balaban J connectivity index is 0.000000139. The zero-order chi connectivity index (χ0) is 39.3. The molecule has 4 aliphatic rings. The first-order chi connectivity index (χ1) is 25.3. The van der Waals surface area contributed by atoms with Crippen LogP contribution in [0.25, 0.3) is 0 Å². The summed E-state index contributed by atoms with van der Waals surface area (Å²) in [6, 6.07) is 34.5. The van der Waals surface area contributed by atoms with Gasteiger partial charge in [0.15, 0.2) is 0 Å². The zero-order valence-corrected chi connectivity index (χ0v) is 35.8. The van der Waals surface area contributed by atoms with E-state index in [0.717, 1.165) is 32.0 Å². The van der Waals surface area contributed by atoms with Crippen molar-refractivity contribution in [1.82, 2.24) is 4.90 Å². The quantitative estimate of drug-likeness (QED) is 0.179. The van der Waals surface area contributed by atoms with E-state index in [1.165, 1.54) is 71.7 Å². The second-order valence-corrected chi connectivity index (χ2v) is 19.2. The minimum Gasteiger partial charge on any atom is -0.490 e. The van der Waals surface area contributed by atoms with Crippen LogP contribution >= 0.6 is 0 Å². The largest absolute Gasteiger partial charge is 0.490 e. The smallest absolute Gasteiger partial charge is 0.142 e. The predicted octanol–water partition coefficient (Wildman–Crippen LogP) is 11.6. The Kier molecular flexibility index (Phi) is 12.8. The summed E-state index contributed by atoms with van der Waals surface area (Å²) in [6.45, 7) is 33.5. The summed E-state index contributed by atoms with van der Waals surface area (Å²) >= 11 is 0. The molecule has 5 nitrogen and oxygen atoms in total. The van der Waals surface area contributed by atoms with Gasteiger partial charge in [0.25, 0.3) is 0 Å². The molecule has 0 aromatic heterocycles. The number of hydrogen-bond donors (Lipinski definition) is 0. The van der Waals surface area contributed by atoms with E-state index in [1.54, 1.807) is 0 Å². The van der Waals surface area contributed by atoms with E-state index in [2.05, 4.69) is 188 Å². The number of hydrogen-bond acceptors (Lipinski definition) is 5. The van der Waals surface area contributed by atoms with Crippen LogP contribution in [0.2, 0.25) is 0 Å². The minimum absolute atomic E-state index is 0.167. The van der Waals surface area contributed by atoms with Gasteiger partial charge >= 0.3 is 0 Å². The summed E-state index contributed by atoms with van der Waals surface area (Å²) in [5, 5.41) is 0. The normalized spacial score (nSPS) is 16.6. The summed E-state index contributed by atoms with van der Waals surface area (Å²) in [5.74, 6) is 1.01. The Labute approximate surface area is 329 Å². The fourth-order valence-electron chi connectivity index (χ4n) is 7.94. The molecule has 5 heteroatoms. The number of benzene rings is 4. The van der Waals surface area contributed by atoms with E-state index in [0.29, 0.717) is 5.54 Å². The van der Waals surface area contributed by atoms with E-state index < -0.39 is 0 Å². The Hall–Kier alpha value is -3.96. The standard InChI is InChI=1S/C13H19N.C12H17NO.2C12H17N/c1-13(2,3)14-10-6-8-11-7-4-5-9-12(11)14;1-12(2,3)13-8-9-14-11-7-5-4-6-10(11)13;1-12(2,3)13-8-10-6-4-5-7-11(10)9-13;1-12(2,3)13-9-8-10-6-4-5-7-11(10)13/h4-5,7,9H,6,8,10H2,1-3H3;4-7H,8-9H2,1-3H3;2*4-7H,8-9H2,1-3H3. The van der Waals surface area contributed by atoms with Crippen molar-refractivity contribution in [2.24, 2.45) is 0 Å². The topological polar surface area (TPSA) is 22.2 Å². The van der Waals surface area contributed by atoms with Crippen molar-refractivity contribution in [3.8, 4) is 5.75 Å². The summed E-state index contributed by atoms with van der Waals surface area (Å²) in [7, 11) is 0. The van der Waals surface area contributed by atoms with Crippen LogP contribution in [0, 0.1) is 0 Å². The van der Waals surface area contributed by atoms with Crippen LogP contribution in [0.5, 0.6) is 5.75 Å². The van der Waals surface area contributed by atoms with Crippen molar-refractivity contribution in [2.45, 2.75) is 138 Å². The van der Waals surface area contributed by atoms with Gasteiger partial charge in [0.05, 0.1) is 12.2 Å². The molecule has 4 aromatic rings. The number of nitrogens with zero attached hydrogens (tertiary/aromatic N) is 4. The Bertz CT molecular complexity index is 1710. The zero-order valence-electron chi connectivity index (χ0n) is 35.8. The first-order valence-corrected chi connectivity index (χ1v) is 20.4. The Morgan fingerprint density at radius 2 is 0.815 bits per heavy atom. The second-order valence-electron chi connectivity index (χ2n) is 19.2. The third-order valence-electron chi connectivity index (χ3n) is 10.9. The van der Waals surface area contributed by atoms with Crippen molar-refractivity contribution in [3.63, 3.8) is 0 Å². The number of rotatable bonds is 0. The minimum atomic E-state index is 0.167. The molecule has 0 amide bonds. The second kappa shape index (κ2) is 16.8. The molecule has 4 aromatic carbocycles. The van der Waals surface area contributed by atoms with Crippen molar-refractivity contribution in [2.75, 3.05) is 40.9 Å².